The lowest BCUT2D eigenvalue weighted by Crippen LogP contribution is -2.17. The van der Waals surface area contributed by atoms with Gasteiger partial charge in [-0.15, -0.1) is 0 Å². The van der Waals surface area contributed by atoms with Gasteiger partial charge in [0.15, 0.2) is 0 Å². The molecular weight excluding hydrogens is 311 g/mol. The highest BCUT2D eigenvalue weighted by Crippen LogP contribution is 2.36. The van der Waals surface area contributed by atoms with Gasteiger partial charge >= 0.3 is 6.18 Å². The topological polar surface area (TPSA) is 3.24 Å². The molecule has 2 aromatic rings. The van der Waals surface area contributed by atoms with Crippen LogP contribution in [-0.2, 0) is 6.18 Å². The molecule has 0 aliphatic rings. The zero-order valence-electron chi connectivity index (χ0n) is 13.7. The van der Waals surface area contributed by atoms with Crippen LogP contribution in [0.4, 0.5) is 24.5 Å². The number of para-hydroxylation sites is 1. The fraction of sp³-hybridized carbons (Fsp3) is 0.200. The maximum atomic E-state index is 13.1. The highest BCUT2D eigenvalue weighted by Gasteiger charge is 2.31. The third-order valence-corrected chi connectivity index (χ3v) is 3.58. The number of benzene rings is 2. The normalized spacial score (nSPS) is 12.6. The van der Waals surface area contributed by atoms with Gasteiger partial charge in [-0.05, 0) is 49.8 Å². The smallest absolute Gasteiger partial charge is 0.314 e. The molecule has 0 amide bonds. The molecule has 2 aromatic carbocycles. The second-order valence-electron chi connectivity index (χ2n) is 5.26. The van der Waals surface area contributed by atoms with Gasteiger partial charge in [-0.3, -0.25) is 0 Å². The summed E-state index contributed by atoms with van der Waals surface area (Å²) in [5.74, 6) is 0. The van der Waals surface area contributed by atoms with E-state index in [1.54, 1.807) is 6.07 Å². The highest BCUT2D eigenvalue weighted by molar-refractivity contribution is 5.69. The fourth-order valence-electron chi connectivity index (χ4n) is 2.44. The number of rotatable bonds is 5. The van der Waals surface area contributed by atoms with Crippen LogP contribution in [0.3, 0.4) is 0 Å². The molecule has 126 valence electrons. The molecule has 0 N–H and O–H groups in total. The van der Waals surface area contributed by atoms with E-state index in [1.807, 2.05) is 67.3 Å². The number of allylic oxidation sites excluding steroid dienone is 4. The van der Waals surface area contributed by atoms with Gasteiger partial charge in [0.1, 0.15) is 0 Å². The molecule has 0 atom stereocenters. The van der Waals surface area contributed by atoms with Crippen LogP contribution in [0.5, 0.6) is 0 Å². The van der Waals surface area contributed by atoms with Crippen LogP contribution >= 0.6 is 0 Å². The SMILES string of the molecule is C/C=C\C=C(/CC)N(c1ccccc1)c1cccc(C(F)(F)F)c1. The van der Waals surface area contributed by atoms with Crippen molar-refractivity contribution in [1.82, 2.24) is 0 Å². The third-order valence-electron chi connectivity index (χ3n) is 3.58. The van der Waals surface area contributed by atoms with E-state index in [2.05, 4.69) is 0 Å². The van der Waals surface area contributed by atoms with Crippen LogP contribution in [0.2, 0.25) is 0 Å². The first-order valence-corrected chi connectivity index (χ1v) is 7.81. The Kier molecular flexibility index (Phi) is 5.85. The summed E-state index contributed by atoms with van der Waals surface area (Å²) < 4.78 is 39.2. The number of nitrogens with zero attached hydrogens (tertiary/aromatic N) is 1. The molecule has 0 aromatic heterocycles. The number of hydrogen-bond donors (Lipinski definition) is 0. The average molecular weight is 331 g/mol. The van der Waals surface area contributed by atoms with Crippen molar-refractivity contribution < 1.29 is 13.2 Å². The molecule has 0 saturated carbocycles. The molecule has 24 heavy (non-hydrogen) atoms. The lowest BCUT2D eigenvalue weighted by molar-refractivity contribution is -0.137. The van der Waals surface area contributed by atoms with Gasteiger partial charge in [0, 0.05) is 17.1 Å². The number of hydrogen-bond acceptors (Lipinski definition) is 1. The first-order chi connectivity index (χ1) is 11.5. The van der Waals surface area contributed by atoms with Crippen LogP contribution in [0, 0.1) is 0 Å². The lowest BCUT2D eigenvalue weighted by atomic mass is 10.1. The zero-order chi connectivity index (χ0) is 17.6. The highest BCUT2D eigenvalue weighted by atomic mass is 19.4. The van der Waals surface area contributed by atoms with Crippen LogP contribution < -0.4 is 4.90 Å². The Morgan fingerprint density at radius 3 is 2.25 bits per heavy atom. The van der Waals surface area contributed by atoms with Crippen molar-refractivity contribution in [1.29, 1.82) is 0 Å². The van der Waals surface area contributed by atoms with Crippen molar-refractivity contribution in [3.05, 3.63) is 84.1 Å². The van der Waals surface area contributed by atoms with E-state index in [9.17, 15) is 13.2 Å². The van der Waals surface area contributed by atoms with Gasteiger partial charge in [-0.25, -0.2) is 0 Å². The molecule has 0 radical (unpaired) electrons. The van der Waals surface area contributed by atoms with Crippen molar-refractivity contribution in [2.75, 3.05) is 4.90 Å². The predicted octanol–water partition coefficient (Wildman–Crippen LogP) is 6.71. The van der Waals surface area contributed by atoms with Crippen molar-refractivity contribution in [2.24, 2.45) is 0 Å². The Morgan fingerprint density at radius 2 is 1.67 bits per heavy atom. The molecular formula is C20H20F3N. The summed E-state index contributed by atoms with van der Waals surface area (Å²) in [6, 6.07) is 14.8. The number of anilines is 2. The minimum Gasteiger partial charge on any atom is -0.314 e. The Balaban J connectivity index is 2.59. The minimum atomic E-state index is -4.36. The average Bonchev–Trinajstić information content (AvgIpc) is 2.58. The molecule has 0 aliphatic carbocycles. The summed E-state index contributed by atoms with van der Waals surface area (Å²) in [4.78, 5) is 1.86. The van der Waals surface area contributed by atoms with E-state index in [1.165, 1.54) is 12.1 Å². The summed E-state index contributed by atoms with van der Waals surface area (Å²) in [6.07, 6.45) is 2.04. The Labute approximate surface area is 140 Å². The monoisotopic (exact) mass is 331 g/mol. The standard InChI is InChI=1S/C20H20F3N/c1-3-5-11-17(4-2)24(18-12-7-6-8-13-18)19-14-9-10-16(15-19)20(21,22)23/h3,5-15H,4H2,1-2H3/b5-3-,17-11+. The summed E-state index contributed by atoms with van der Waals surface area (Å²) in [7, 11) is 0. The van der Waals surface area contributed by atoms with E-state index in [4.69, 9.17) is 0 Å². The van der Waals surface area contributed by atoms with Crippen molar-refractivity contribution in [2.45, 2.75) is 26.4 Å². The Bertz CT molecular complexity index is 715. The summed E-state index contributed by atoms with van der Waals surface area (Å²) >= 11 is 0. The first-order valence-electron chi connectivity index (χ1n) is 7.81. The Hall–Kier alpha value is -2.49. The summed E-state index contributed by atoms with van der Waals surface area (Å²) in [5.41, 5.74) is 1.59. The summed E-state index contributed by atoms with van der Waals surface area (Å²) in [6.45, 7) is 3.89. The second kappa shape index (κ2) is 7.86. The van der Waals surface area contributed by atoms with E-state index < -0.39 is 11.7 Å². The third kappa shape index (κ3) is 4.28. The molecule has 0 unspecified atom stereocenters. The largest absolute Gasteiger partial charge is 0.416 e. The molecule has 0 aliphatic heterocycles. The van der Waals surface area contributed by atoms with Gasteiger partial charge in [0.05, 0.1) is 5.56 Å². The second-order valence-corrected chi connectivity index (χ2v) is 5.26. The molecule has 1 nitrogen and oxygen atoms in total. The van der Waals surface area contributed by atoms with Gasteiger partial charge in [-0.1, -0.05) is 43.3 Å². The van der Waals surface area contributed by atoms with Gasteiger partial charge < -0.3 is 4.90 Å². The van der Waals surface area contributed by atoms with Crippen LogP contribution in [0.25, 0.3) is 0 Å². The summed E-state index contributed by atoms with van der Waals surface area (Å²) in [5, 5.41) is 0. The number of halogens is 3. The van der Waals surface area contributed by atoms with E-state index in [-0.39, 0.29) is 0 Å². The van der Waals surface area contributed by atoms with Crippen LogP contribution in [0.15, 0.2) is 78.5 Å². The molecule has 0 fully saturated rings. The van der Waals surface area contributed by atoms with Crippen LogP contribution in [-0.4, -0.2) is 0 Å². The van der Waals surface area contributed by atoms with Gasteiger partial charge in [-0.2, -0.15) is 13.2 Å². The Morgan fingerprint density at radius 1 is 1.00 bits per heavy atom. The fourth-order valence-corrected chi connectivity index (χ4v) is 2.44. The quantitative estimate of drug-likeness (QED) is 0.550. The molecule has 4 heteroatoms. The minimum absolute atomic E-state index is 0.494. The van der Waals surface area contributed by atoms with Crippen LogP contribution in [0.1, 0.15) is 25.8 Å². The zero-order valence-corrected chi connectivity index (χ0v) is 13.7. The van der Waals surface area contributed by atoms with E-state index in [0.717, 1.165) is 17.5 Å². The molecule has 0 bridgehead atoms. The maximum Gasteiger partial charge on any atom is 0.416 e. The lowest BCUT2D eigenvalue weighted by Gasteiger charge is -2.28. The first kappa shape index (κ1) is 17.9. The van der Waals surface area contributed by atoms with E-state index >= 15 is 0 Å². The van der Waals surface area contributed by atoms with E-state index in [0.29, 0.717) is 12.1 Å². The van der Waals surface area contributed by atoms with Gasteiger partial charge in [0.25, 0.3) is 0 Å². The van der Waals surface area contributed by atoms with Gasteiger partial charge in [0.2, 0.25) is 0 Å². The van der Waals surface area contributed by atoms with Crippen molar-refractivity contribution in [3.8, 4) is 0 Å². The number of alkyl halides is 3. The predicted molar refractivity (Wildman–Crippen MR) is 93.2 cm³/mol. The molecule has 0 heterocycles. The van der Waals surface area contributed by atoms with Crippen molar-refractivity contribution >= 4 is 11.4 Å². The molecule has 0 spiro atoms. The maximum absolute atomic E-state index is 13.1. The molecule has 0 saturated heterocycles. The molecule has 2 rings (SSSR count). The van der Waals surface area contributed by atoms with Crippen molar-refractivity contribution in [3.63, 3.8) is 0 Å².